The molecule has 0 bridgehead atoms. The minimum atomic E-state index is -0.770. The standard InChI is InChI=1S/C14H17ClFN3OS/c1-19-6-4-14(5-7-19,13(17)21)18-12(20)10-8-9(15)2-3-11(10)16/h2-3,8H,4-7H2,1H3,(H2,17,21)(H,18,20). The van der Waals surface area contributed by atoms with Crippen molar-refractivity contribution >= 4 is 34.7 Å². The molecule has 114 valence electrons. The zero-order chi connectivity index (χ0) is 15.6. The summed E-state index contributed by atoms with van der Waals surface area (Å²) in [5, 5.41) is 3.11. The fourth-order valence-corrected chi connectivity index (χ4v) is 2.82. The van der Waals surface area contributed by atoms with Crippen molar-refractivity contribution in [3.05, 3.63) is 34.6 Å². The number of hydrogen-bond donors (Lipinski definition) is 2. The average molecular weight is 330 g/mol. The van der Waals surface area contributed by atoms with Gasteiger partial charge >= 0.3 is 0 Å². The lowest BCUT2D eigenvalue weighted by molar-refractivity contribution is 0.0886. The van der Waals surface area contributed by atoms with E-state index in [-0.39, 0.29) is 10.6 Å². The maximum atomic E-state index is 13.8. The molecule has 0 aromatic heterocycles. The summed E-state index contributed by atoms with van der Waals surface area (Å²) in [5.41, 5.74) is 4.95. The molecule has 0 spiro atoms. The van der Waals surface area contributed by atoms with Gasteiger partial charge in [0.2, 0.25) is 0 Å². The van der Waals surface area contributed by atoms with Gasteiger partial charge in [0.25, 0.3) is 5.91 Å². The summed E-state index contributed by atoms with van der Waals surface area (Å²) in [5.74, 6) is -1.17. The molecule has 0 aliphatic carbocycles. The number of halogens is 2. The largest absolute Gasteiger partial charge is 0.391 e. The molecule has 1 aromatic rings. The van der Waals surface area contributed by atoms with Crippen LogP contribution < -0.4 is 11.1 Å². The van der Waals surface area contributed by atoms with Crippen LogP contribution >= 0.6 is 23.8 Å². The Balaban J connectivity index is 2.23. The molecule has 1 saturated heterocycles. The molecule has 1 aliphatic rings. The minimum absolute atomic E-state index is 0.1000. The summed E-state index contributed by atoms with van der Waals surface area (Å²) in [7, 11) is 1.99. The maximum absolute atomic E-state index is 13.8. The highest BCUT2D eigenvalue weighted by Crippen LogP contribution is 2.24. The second kappa shape index (κ2) is 6.25. The normalized spacial score (nSPS) is 18.2. The summed E-state index contributed by atoms with van der Waals surface area (Å²) in [6, 6.07) is 3.86. The van der Waals surface area contributed by atoms with Gasteiger partial charge in [0.05, 0.1) is 16.1 Å². The van der Waals surface area contributed by atoms with Gasteiger partial charge in [-0.05, 0) is 38.1 Å². The minimum Gasteiger partial charge on any atom is -0.391 e. The third-order valence-electron chi connectivity index (χ3n) is 3.84. The second-order valence-corrected chi connectivity index (χ2v) is 6.20. The van der Waals surface area contributed by atoms with E-state index in [1.54, 1.807) is 0 Å². The number of nitrogens with zero attached hydrogens (tertiary/aromatic N) is 1. The zero-order valence-electron chi connectivity index (χ0n) is 11.7. The van der Waals surface area contributed by atoms with Crippen molar-refractivity contribution in [3.8, 4) is 0 Å². The molecule has 1 amide bonds. The van der Waals surface area contributed by atoms with Crippen LogP contribution in [0.2, 0.25) is 5.02 Å². The average Bonchev–Trinajstić information content (AvgIpc) is 2.44. The van der Waals surface area contributed by atoms with E-state index in [1.165, 1.54) is 18.2 Å². The third kappa shape index (κ3) is 3.51. The topological polar surface area (TPSA) is 58.4 Å². The van der Waals surface area contributed by atoms with E-state index in [9.17, 15) is 9.18 Å². The summed E-state index contributed by atoms with van der Waals surface area (Å²) in [4.78, 5) is 14.7. The van der Waals surface area contributed by atoms with E-state index in [0.29, 0.717) is 17.9 Å². The maximum Gasteiger partial charge on any atom is 0.255 e. The number of nitrogens with one attached hydrogen (secondary N) is 1. The zero-order valence-corrected chi connectivity index (χ0v) is 13.2. The summed E-state index contributed by atoms with van der Waals surface area (Å²) in [6.45, 7) is 1.52. The fourth-order valence-electron chi connectivity index (χ4n) is 2.39. The predicted molar refractivity (Wildman–Crippen MR) is 85.1 cm³/mol. The number of nitrogens with two attached hydrogens (primary N) is 1. The van der Waals surface area contributed by atoms with Gasteiger partial charge in [0.1, 0.15) is 5.82 Å². The molecule has 0 unspecified atom stereocenters. The van der Waals surface area contributed by atoms with Crippen LogP contribution in [0.1, 0.15) is 23.2 Å². The SMILES string of the molecule is CN1CCC(NC(=O)c2cc(Cl)ccc2F)(C(N)=S)CC1. The molecular formula is C14H17ClFN3OS. The van der Waals surface area contributed by atoms with Crippen LogP contribution in [0.3, 0.4) is 0 Å². The monoisotopic (exact) mass is 329 g/mol. The molecule has 1 aromatic carbocycles. The van der Waals surface area contributed by atoms with Crippen LogP contribution in [-0.4, -0.2) is 41.5 Å². The highest BCUT2D eigenvalue weighted by Gasteiger charge is 2.38. The molecule has 1 heterocycles. The van der Waals surface area contributed by atoms with Gasteiger partial charge in [0.15, 0.2) is 0 Å². The van der Waals surface area contributed by atoms with Crippen molar-refractivity contribution in [2.24, 2.45) is 5.73 Å². The molecular weight excluding hydrogens is 313 g/mol. The number of benzene rings is 1. The Hall–Kier alpha value is -1.24. The van der Waals surface area contributed by atoms with Gasteiger partial charge < -0.3 is 16.0 Å². The number of amides is 1. The van der Waals surface area contributed by atoms with Gasteiger partial charge in [0, 0.05) is 18.1 Å². The number of likely N-dealkylation sites (tertiary alicyclic amines) is 1. The van der Waals surface area contributed by atoms with Crippen LogP contribution in [0.15, 0.2) is 18.2 Å². The summed E-state index contributed by atoms with van der Waals surface area (Å²) in [6.07, 6.45) is 1.21. The first-order chi connectivity index (χ1) is 9.84. The molecule has 2 rings (SSSR count). The van der Waals surface area contributed by atoms with Gasteiger partial charge in [-0.15, -0.1) is 0 Å². The highest BCUT2D eigenvalue weighted by molar-refractivity contribution is 7.80. The van der Waals surface area contributed by atoms with Crippen LogP contribution in [0.4, 0.5) is 4.39 Å². The Labute approximate surface area is 133 Å². The van der Waals surface area contributed by atoms with Crippen LogP contribution in [0.5, 0.6) is 0 Å². The van der Waals surface area contributed by atoms with E-state index in [4.69, 9.17) is 29.6 Å². The molecule has 1 fully saturated rings. The lowest BCUT2D eigenvalue weighted by Gasteiger charge is -2.40. The van der Waals surface area contributed by atoms with Crippen molar-refractivity contribution < 1.29 is 9.18 Å². The van der Waals surface area contributed by atoms with Crippen LogP contribution in [-0.2, 0) is 0 Å². The van der Waals surface area contributed by atoms with E-state index in [0.717, 1.165) is 13.1 Å². The van der Waals surface area contributed by atoms with Crippen molar-refractivity contribution in [2.45, 2.75) is 18.4 Å². The van der Waals surface area contributed by atoms with Crippen molar-refractivity contribution in [3.63, 3.8) is 0 Å². The number of piperidine rings is 1. The third-order valence-corrected chi connectivity index (χ3v) is 4.46. The van der Waals surface area contributed by atoms with Crippen molar-refractivity contribution in [1.29, 1.82) is 0 Å². The first-order valence-electron chi connectivity index (χ1n) is 6.60. The number of thiocarbonyl (C=S) groups is 1. The molecule has 21 heavy (non-hydrogen) atoms. The number of hydrogen-bond acceptors (Lipinski definition) is 3. The Bertz CT molecular complexity index is 573. The lowest BCUT2D eigenvalue weighted by atomic mass is 9.87. The highest BCUT2D eigenvalue weighted by atomic mass is 35.5. The quantitative estimate of drug-likeness (QED) is 0.832. The Morgan fingerprint density at radius 1 is 1.48 bits per heavy atom. The molecule has 0 saturated carbocycles. The molecule has 1 aliphatic heterocycles. The smallest absolute Gasteiger partial charge is 0.255 e. The van der Waals surface area contributed by atoms with Crippen LogP contribution in [0.25, 0.3) is 0 Å². The summed E-state index contributed by atoms with van der Waals surface area (Å²) < 4.78 is 13.8. The van der Waals surface area contributed by atoms with E-state index >= 15 is 0 Å². The van der Waals surface area contributed by atoms with Crippen molar-refractivity contribution in [2.75, 3.05) is 20.1 Å². The van der Waals surface area contributed by atoms with Crippen molar-refractivity contribution in [1.82, 2.24) is 10.2 Å². The number of rotatable bonds is 3. The second-order valence-electron chi connectivity index (χ2n) is 5.33. The van der Waals surface area contributed by atoms with Gasteiger partial charge in [-0.2, -0.15) is 0 Å². The fraction of sp³-hybridized carbons (Fsp3) is 0.429. The van der Waals surface area contributed by atoms with Gasteiger partial charge in [-0.3, -0.25) is 4.79 Å². The Morgan fingerprint density at radius 2 is 2.10 bits per heavy atom. The first kappa shape index (κ1) is 16.1. The van der Waals surface area contributed by atoms with Crippen LogP contribution in [0, 0.1) is 5.82 Å². The first-order valence-corrected chi connectivity index (χ1v) is 7.39. The molecule has 0 radical (unpaired) electrons. The molecule has 4 nitrogen and oxygen atoms in total. The molecule has 7 heteroatoms. The molecule has 3 N–H and O–H groups in total. The predicted octanol–water partition coefficient (Wildman–Crippen LogP) is 1.96. The lowest BCUT2D eigenvalue weighted by Crippen LogP contribution is -2.61. The van der Waals surface area contributed by atoms with E-state index in [2.05, 4.69) is 10.2 Å². The van der Waals surface area contributed by atoms with Gasteiger partial charge in [-0.25, -0.2) is 4.39 Å². The summed E-state index contributed by atoms with van der Waals surface area (Å²) >= 11 is 10.9. The van der Waals surface area contributed by atoms with E-state index < -0.39 is 17.3 Å². The molecule has 0 atom stereocenters. The number of carbonyl (C=O) groups excluding carboxylic acids is 1. The Kier molecular flexibility index (Phi) is 4.81. The van der Waals surface area contributed by atoms with Gasteiger partial charge in [-0.1, -0.05) is 23.8 Å². The van der Waals surface area contributed by atoms with E-state index in [1.807, 2.05) is 7.05 Å². The Morgan fingerprint density at radius 3 is 2.67 bits per heavy atom. The number of carbonyl (C=O) groups is 1.